The van der Waals surface area contributed by atoms with Gasteiger partial charge in [-0.2, -0.15) is 0 Å². The predicted octanol–water partition coefficient (Wildman–Crippen LogP) is 5.82. The number of phenolic OH excluding ortho intramolecular Hbond substituents is 1. The van der Waals surface area contributed by atoms with Crippen molar-refractivity contribution in [2.75, 3.05) is 6.61 Å². The first-order chi connectivity index (χ1) is 13.7. The topological polar surface area (TPSA) is 60.2 Å². The fourth-order valence-electron chi connectivity index (χ4n) is 3.43. The van der Waals surface area contributed by atoms with Crippen LogP contribution in [0.15, 0.2) is 36.4 Å². The fraction of sp³-hybridized carbons (Fsp3) is 0.478. The summed E-state index contributed by atoms with van der Waals surface area (Å²) >= 11 is 0. The number of aromatic nitrogens is 3. The quantitative estimate of drug-likeness (QED) is 0.425. The summed E-state index contributed by atoms with van der Waals surface area (Å²) in [4.78, 5) is 1.52. The molecule has 0 spiro atoms. The summed E-state index contributed by atoms with van der Waals surface area (Å²) in [6.45, 7) is 4.81. The molecule has 0 amide bonds. The summed E-state index contributed by atoms with van der Waals surface area (Å²) in [5.41, 5.74) is 3.36. The largest absolute Gasteiger partial charge is 0.506 e. The van der Waals surface area contributed by atoms with Gasteiger partial charge in [-0.25, -0.2) is 0 Å². The van der Waals surface area contributed by atoms with Crippen LogP contribution in [0.4, 0.5) is 0 Å². The van der Waals surface area contributed by atoms with Gasteiger partial charge in [-0.1, -0.05) is 51.5 Å². The molecular formula is C23H31N3O2. The van der Waals surface area contributed by atoms with Gasteiger partial charge in [0, 0.05) is 6.07 Å². The van der Waals surface area contributed by atoms with E-state index in [1.54, 1.807) is 6.07 Å². The Morgan fingerprint density at radius 2 is 1.61 bits per heavy atom. The Morgan fingerprint density at radius 1 is 0.857 bits per heavy atom. The van der Waals surface area contributed by atoms with Crippen molar-refractivity contribution in [2.24, 2.45) is 0 Å². The molecule has 0 aliphatic heterocycles. The standard InChI is InChI=1S/C23H31N3O2/c1-3-5-6-7-8-9-10-11-18-12-15-23(27)22(16-18)26-24-20-14-13-19(28-4-2)17-21(20)25-26/h12-17,27H,3-11H2,1-2H3. The summed E-state index contributed by atoms with van der Waals surface area (Å²) in [6.07, 6.45) is 10.1. The van der Waals surface area contributed by atoms with E-state index < -0.39 is 0 Å². The molecule has 28 heavy (non-hydrogen) atoms. The zero-order chi connectivity index (χ0) is 19.8. The molecule has 0 saturated heterocycles. The van der Waals surface area contributed by atoms with E-state index in [0.29, 0.717) is 12.3 Å². The Kier molecular flexibility index (Phi) is 7.29. The number of hydrogen-bond donors (Lipinski definition) is 1. The molecule has 1 aromatic heterocycles. The van der Waals surface area contributed by atoms with E-state index in [0.717, 1.165) is 23.2 Å². The average Bonchev–Trinajstić information content (AvgIpc) is 3.12. The molecular weight excluding hydrogens is 350 g/mol. The monoisotopic (exact) mass is 381 g/mol. The smallest absolute Gasteiger partial charge is 0.143 e. The van der Waals surface area contributed by atoms with E-state index in [2.05, 4.69) is 17.1 Å². The first-order valence-corrected chi connectivity index (χ1v) is 10.5. The average molecular weight is 382 g/mol. The van der Waals surface area contributed by atoms with Crippen LogP contribution >= 0.6 is 0 Å². The van der Waals surface area contributed by atoms with E-state index in [4.69, 9.17) is 4.74 Å². The molecule has 150 valence electrons. The number of fused-ring (bicyclic) bond motifs is 1. The molecule has 0 radical (unpaired) electrons. The molecule has 0 unspecified atom stereocenters. The highest BCUT2D eigenvalue weighted by atomic mass is 16.5. The third kappa shape index (κ3) is 5.24. The fourth-order valence-corrected chi connectivity index (χ4v) is 3.43. The summed E-state index contributed by atoms with van der Waals surface area (Å²) in [5.74, 6) is 0.965. The molecule has 1 N–H and O–H groups in total. The van der Waals surface area contributed by atoms with Gasteiger partial charge >= 0.3 is 0 Å². The van der Waals surface area contributed by atoms with Crippen molar-refractivity contribution in [1.82, 2.24) is 15.0 Å². The van der Waals surface area contributed by atoms with Crippen LogP contribution in [0.2, 0.25) is 0 Å². The Balaban J connectivity index is 1.66. The lowest BCUT2D eigenvalue weighted by molar-refractivity contribution is 0.340. The van der Waals surface area contributed by atoms with Gasteiger partial charge in [0.2, 0.25) is 0 Å². The van der Waals surface area contributed by atoms with Crippen LogP contribution in [0.5, 0.6) is 11.5 Å². The van der Waals surface area contributed by atoms with Crippen LogP contribution in [0, 0.1) is 0 Å². The normalized spacial score (nSPS) is 11.2. The Morgan fingerprint density at radius 3 is 2.39 bits per heavy atom. The molecule has 0 bridgehead atoms. The molecule has 0 fully saturated rings. The van der Waals surface area contributed by atoms with Crippen LogP contribution in [0.25, 0.3) is 16.7 Å². The third-order valence-electron chi connectivity index (χ3n) is 4.99. The maximum Gasteiger partial charge on any atom is 0.143 e. The van der Waals surface area contributed by atoms with Gasteiger partial charge in [-0.15, -0.1) is 15.0 Å². The molecule has 5 nitrogen and oxygen atoms in total. The van der Waals surface area contributed by atoms with Crippen molar-refractivity contribution < 1.29 is 9.84 Å². The molecule has 2 aromatic carbocycles. The van der Waals surface area contributed by atoms with Crippen LogP contribution in [0.1, 0.15) is 64.4 Å². The highest BCUT2D eigenvalue weighted by Gasteiger charge is 2.11. The Bertz CT molecular complexity index is 889. The second-order valence-electron chi connectivity index (χ2n) is 7.27. The summed E-state index contributed by atoms with van der Waals surface area (Å²) in [7, 11) is 0. The van der Waals surface area contributed by atoms with Gasteiger partial charge in [0.15, 0.2) is 0 Å². The highest BCUT2D eigenvalue weighted by Crippen LogP contribution is 2.25. The van der Waals surface area contributed by atoms with Gasteiger partial charge in [0.05, 0.1) is 6.61 Å². The predicted molar refractivity (Wildman–Crippen MR) is 113 cm³/mol. The molecule has 0 aliphatic carbocycles. The van der Waals surface area contributed by atoms with Gasteiger partial charge in [-0.3, -0.25) is 0 Å². The van der Waals surface area contributed by atoms with Crippen molar-refractivity contribution in [3.05, 3.63) is 42.0 Å². The van der Waals surface area contributed by atoms with Gasteiger partial charge < -0.3 is 9.84 Å². The summed E-state index contributed by atoms with van der Waals surface area (Å²) in [6, 6.07) is 11.4. The van der Waals surface area contributed by atoms with Crippen molar-refractivity contribution in [2.45, 2.75) is 65.2 Å². The minimum absolute atomic E-state index is 0.189. The SMILES string of the molecule is CCCCCCCCCc1ccc(O)c(-n2nc3ccc(OCC)cc3n2)c1. The number of benzene rings is 2. The number of aromatic hydroxyl groups is 1. The van der Waals surface area contributed by atoms with Crippen molar-refractivity contribution in [3.63, 3.8) is 0 Å². The summed E-state index contributed by atoms with van der Waals surface area (Å²) < 4.78 is 5.53. The molecule has 5 heteroatoms. The lowest BCUT2D eigenvalue weighted by Crippen LogP contribution is -2.00. The second-order valence-corrected chi connectivity index (χ2v) is 7.27. The minimum atomic E-state index is 0.189. The molecule has 1 heterocycles. The van der Waals surface area contributed by atoms with Gasteiger partial charge in [0.25, 0.3) is 0 Å². The van der Waals surface area contributed by atoms with Gasteiger partial charge in [0.1, 0.15) is 28.2 Å². The number of nitrogens with zero attached hydrogens (tertiary/aromatic N) is 3. The zero-order valence-corrected chi connectivity index (χ0v) is 17.0. The first-order valence-electron chi connectivity index (χ1n) is 10.5. The molecule has 3 rings (SSSR count). The minimum Gasteiger partial charge on any atom is -0.506 e. The van der Waals surface area contributed by atoms with Crippen LogP contribution in [-0.4, -0.2) is 26.7 Å². The molecule has 0 saturated carbocycles. The maximum absolute atomic E-state index is 10.3. The third-order valence-corrected chi connectivity index (χ3v) is 4.99. The van der Waals surface area contributed by atoms with Crippen LogP contribution < -0.4 is 4.74 Å². The zero-order valence-electron chi connectivity index (χ0n) is 17.0. The van der Waals surface area contributed by atoms with E-state index >= 15 is 0 Å². The van der Waals surface area contributed by atoms with Gasteiger partial charge in [-0.05, 0) is 49.6 Å². The number of rotatable bonds is 11. The Labute approximate surface area is 167 Å². The lowest BCUT2D eigenvalue weighted by atomic mass is 10.0. The van der Waals surface area contributed by atoms with E-state index in [-0.39, 0.29) is 5.75 Å². The van der Waals surface area contributed by atoms with Crippen molar-refractivity contribution in [1.29, 1.82) is 0 Å². The number of ether oxygens (including phenoxy) is 1. The number of aryl methyl sites for hydroxylation is 1. The second kappa shape index (κ2) is 10.1. The Hall–Kier alpha value is -2.56. The maximum atomic E-state index is 10.3. The van der Waals surface area contributed by atoms with Crippen LogP contribution in [0.3, 0.4) is 0 Å². The van der Waals surface area contributed by atoms with E-state index in [1.807, 2.05) is 37.3 Å². The lowest BCUT2D eigenvalue weighted by Gasteiger charge is -2.07. The number of unbranched alkanes of at least 4 members (excludes halogenated alkanes) is 6. The van der Waals surface area contributed by atoms with Crippen molar-refractivity contribution >= 4 is 11.0 Å². The highest BCUT2D eigenvalue weighted by molar-refractivity contribution is 5.75. The van der Waals surface area contributed by atoms with Crippen molar-refractivity contribution in [3.8, 4) is 17.2 Å². The number of hydrogen-bond acceptors (Lipinski definition) is 4. The van der Waals surface area contributed by atoms with E-state index in [9.17, 15) is 5.11 Å². The summed E-state index contributed by atoms with van der Waals surface area (Å²) in [5, 5.41) is 19.4. The molecule has 0 aliphatic rings. The van der Waals surface area contributed by atoms with E-state index in [1.165, 1.54) is 55.3 Å². The first kappa shape index (κ1) is 20.2. The molecule has 3 aromatic rings. The molecule has 0 atom stereocenters. The number of phenols is 1. The van der Waals surface area contributed by atoms with Crippen LogP contribution in [-0.2, 0) is 6.42 Å².